The average Bonchev–Trinajstić information content (AvgIpc) is 2.93. The van der Waals surface area contributed by atoms with E-state index in [9.17, 15) is 0 Å². The summed E-state index contributed by atoms with van der Waals surface area (Å²) in [6.45, 7) is 0. The number of benzene rings is 2. The van der Waals surface area contributed by atoms with Crippen LogP contribution in [0, 0.1) is 11.3 Å². The summed E-state index contributed by atoms with van der Waals surface area (Å²) in [6, 6.07) is 12.2. The number of nitrogens with zero attached hydrogens (tertiary/aromatic N) is 3. The van der Waals surface area contributed by atoms with Gasteiger partial charge in [0.05, 0.1) is 17.3 Å². The Kier molecular flexibility index (Phi) is 2.50. The summed E-state index contributed by atoms with van der Waals surface area (Å²) in [5.74, 6) is 1.01. The number of nitriles is 1. The van der Waals surface area contributed by atoms with Crippen molar-refractivity contribution in [3.8, 4) is 17.6 Å². The molecule has 0 aliphatic carbocycles. The summed E-state index contributed by atoms with van der Waals surface area (Å²) in [4.78, 5) is 0. The van der Waals surface area contributed by atoms with E-state index in [0.29, 0.717) is 33.8 Å². The monoisotopic (exact) mass is 252 g/mol. The Bertz CT molecular complexity index is 789. The predicted molar refractivity (Wildman–Crippen MR) is 67.4 cm³/mol. The van der Waals surface area contributed by atoms with Gasteiger partial charge in [0.25, 0.3) is 0 Å². The molecular weight excluding hydrogens is 244 g/mol. The molecule has 0 unspecified atom stereocenters. The number of ether oxygens (including phenoxy) is 1. The van der Waals surface area contributed by atoms with Crippen LogP contribution in [-0.2, 0) is 0 Å². The van der Waals surface area contributed by atoms with E-state index in [0.717, 1.165) is 0 Å². The molecule has 2 aromatic carbocycles. The summed E-state index contributed by atoms with van der Waals surface area (Å²) >= 11 is 0. The number of nitrogens with two attached hydrogens (primary N) is 1. The molecule has 0 radical (unpaired) electrons. The maximum Gasteiger partial charge on any atom is 0.179 e. The molecule has 0 fully saturated rings. The minimum absolute atomic E-state index is 0.447. The maximum absolute atomic E-state index is 8.84. The molecule has 6 nitrogen and oxygen atoms in total. The number of anilines is 1. The molecule has 19 heavy (non-hydrogen) atoms. The number of aromatic nitrogens is 2. The summed E-state index contributed by atoms with van der Waals surface area (Å²) in [5, 5.41) is 16.3. The molecule has 0 atom stereocenters. The molecule has 1 aromatic heterocycles. The lowest BCUT2D eigenvalue weighted by atomic mass is 10.2. The molecule has 6 heteroatoms. The highest BCUT2D eigenvalue weighted by atomic mass is 16.6. The lowest BCUT2D eigenvalue weighted by Crippen LogP contribution is -1.90. The highest BCUT2D eigenvalue weighted by molar-refractivity contribution is 5.90. The first-order valence-corrected chi connectivity index (χ1v) is 5.46. The maximum atomic E-state index is 8.84. The molecule has 0 spiro atoms. The largest absolute Gasteiger partial charge is 0.455 e. The summed E-state index contributed by atoms with van der Waals surface area (Å²) in [7, 11) is 0. The van der Waals surface area contributed by atoms with Gasteiger partial charge in [-0.15, -0.1) is 0 Å². The third-order valence-electron chi connectivity index (χ3n) is 2.60. The van der Waals surface area contributed by atoms with Crippen molar-refractivity contribution in [2.75, 3.05) is 5.73 Å². The van der Waals surface area contributed by atoms with Crippen LogP contribution >= 0.6 is 0 Å². The fourth-order valence-corrected chi connectivity index (χ4v) is 1.70. The van der Waals surface area contributed by atoms with E-state index in [2.05, 4.69) is 14.9 Å². The van der Waals surface area contributed by atoms with Gasteiger partial charge < -0.3 is 10.5 Å². The Hall–Kier alpha value is -3.07. The second kappa shape index (κ2) is 4.31. The second-order valence-electron chi connectivity index (χ2n) is 3.86. The van der Waals surface area contributed by atoms with E-state index < -0.39 is 0 Å². The summed E-state index contributed by atoms with van der Waals surface area (Å²) in [6.07, 6.45) is 0. The van der Waals surface area contributed by atoms with Crippen molar-refractivity contribution in [3.05, 3.63) is 42.0 Å². The molecule has 0 saturated carbocycles. The lowest BCUT2D eigenvalue weighted by molar-refractivity contribution is 0.314. The molecule has 0 aliphatic heterocycles. The van der Waals surface area contributed by atoms with Crippen LogP contribution < -0.4 is 10.5 Å². The van der Waals surface area contributed by atoms with Gasteiger partial charge in [0.15, 0.2) is 16.8 Å². The molecule has 92 valence electrons. The van der Waals surface area contributed by atoms with Crippen LogP contribution in [0.1, 0.15) is 5.56 Å². The van der Waals surface area contributed by atoms with E-state index in [1.807, 2.05) is 6.07 Å². The van der Waals surface area contributed by atoms with Gasteiger partial charge in [0.1, 0.15) is 5.75 Å². The van der Waals surface area contributed by atoms with Crippen molar-refractivity contribution in [2.24, 2.45) is 0 Å². The Morgan fingerprint density at radius 2 is 2.00 bits per heavy atom. The van der Waals surface area contributed by atoms with Crippen LogP contribution in [0.4, 0.5) is 5.69 Å². The number of hydrogen-bond acceptors (Lipinski definition) is 6. The minimum atomic E-state index is 0.447. The van der Waals surface area contributed by atoms with Crippen molar-refractivity contribution in [2.45, 2.75) is 0 Å². The third-order valence-corrected chi connectivity index (χ3v) is 2.60. The van der Waals surface area contributed by atoms with Crippen LogP contribution in [0.2, 0.25) is 0 Å². The van der Waals surface area contributed by atoms with Crippen molar-refractivity contribution >= 4 is 16.7 Å². The smallest absolute Gasteiger partial charge is 0.179 e. The molecule has 0 saturated heterocycles. The van der Waals surface area contributed by atoms with Gasteiger partial charge in [0.2, 0.25) is 0 Å². The molecule has 2 N–H and O–H groups in total. The SMILES string of the molecule is N#Cc1cccc(Oc2ccc(N)c3nonc23)c1. The molecule has 0 amide bonds. The summed E-state index contributed by atoms with van der Waals surface area (Å²) < 4.78 is 10.3. The normalized spacial score (nSPS) is 10.3. The van der Waals surface area contributed by atoms with E-state index in [1.165, 1.54) is 0 Å². The van der Waals surface area contributed by atoms with Crippen LogP contribution in [0.15, 0.2) is 41.0 Å². The first-order chi connectivity index (χ1) is 9.28. The number of nitrogen functional groups attached to an aromatic ring is 1. The van der Waals surface area contributed by atoms with E-state index in [1.54, 1.807) is 36.4 Å². The molecular formula is C13H8N4O2. The predicted octanol–water partition coefficient (Wildman–Crippen LogP) is 2.47. The number of rotatable bonds is 2. The highest BCUT2D eigenvalue weighted by Gasteiger charge is 2.11. The van der Waals surface area contributed by atoms with Gasteiger partial charge in [-0.05, 0) is 40.6 Å². The van der Waals surface area contributed by atoms with E-state index >= 15 is 0 Å². The molecule has 0 aliphatic rings. The van der Waals surface area contributed by atoms with E-state index in [4.69, 9.17) is 15.7 Å². The topological polar surface area (TPSA) is 98.0 Å². The number of hydrogen-bond donors (Lipinski definition) is 1. The van der Waals surface area contributed by atoms with Crippen molar-refractivity contribution in [1.29, 1.82) is 5.26 Å². The van der Waals surface area contributed by atoms with Crippen molar-refractivity contribution < 1.29 is 9.37 Å². The van der Waals surface area contributed by atoms with Crippen LogP contribution in [0.3, 0.4) is 0 Å². The van der Waals surface area contributed by atoms with Crippen LogP contribution in [0.25, 0.3) is 11.0 Å². The van der Waals surface area contributed by atoms with E-state index in [-0.39, 0.29) is 0 Å². The Morgan fingerprint density at radius 3 is 2.84 bits per heavy atom. The molecule has 3 aromatic rings. The first kappa shape index (κ1) is 11.0. The minimum Gasteiger partial charge on any atom is -0.455 e. The average molecular weight is 252 g/mol. The van der Waals surface area contributed by atoms with Gasteiger partial charge in [-0.2, -0.15) is 5.26 Å². The fraction of sp³-hybridized carbons (Fsp3) is 0. The second-order valence-corrected chi connectivity index (χ2v) is 3.86. The van der Waals surface area contributed by atoms with Gasteiger partial charge in [-0.1, -0.05) is 6.07 Å². The Labute approximate surface area is 108 Å². The fourth-order valence-electron chi connectivity index (χ4n) is 1.70. The number of fused-ring (bicyclic) bond motifs is 1. The Morgan fingerprint density at radius 1 is 1.16 bits per heavy atom. The van der Waals surface area contributed by atoms with Gasteiger partial charge in [-0.25, -0.2) is 4.63 Å². The zero-order valence-corrected chi connectivity index (χ0v) is 9.70. The van der Waals surface area contributed by atoms with Gasteiger partial charge >= 0.3 is 0 Å². The van der Waals surface area contributed by atoms with Gasteiger partial charge in [0, 0.05) is 0 Å². The van der Waals surface area contributed by atoms with Crippen LogP contribution in [-0.4, -0.2) is 10.3 Å². The zero-order valence-electron chi connectivity index (χ0n) is 9.70. The third kappa shape index (κ3) is 1.93. The molecule has 1 heterocycles. The standard InChI is InChI=1S/C13H8N4O2/c14-7-8-2-1-3-9(6-8)18-11-5-4-10(15)12-13(11)17-19-16-12/h1-6H,15H2. The molecule has 3 rings (SSSR count). The Balaban J connectivity index is 2.04. The summed E-state index contributed by atoms with van der Waals surface area (Å²) in [5.41, 5.74) is 7.63. The molecule has 0 bridgehead atoms. The zero-order chi connectivity index (χ0) is 13.2. The first-order valence-electron chi connectivity index (χ1n) is 5.46. The highest BCUT2D eigenvalue weighted by Crippen LogP contribution is 2.31. The van der Waals surface area contributed by atoms with Gasteiger partial charge in [-0.3, -0.25) is 0 Å². The lowest BCUT2D eigenvalue weighted by Gasteiger charge is -2.06. The van der Waals surface area contributed by atoms with Crippen molar-refractivity contribution in [1.82, 2.24) is 10.3 Å². The van der Waals surface area contributed by atoms with Crippen LogP contribution in [0.5, 0.6) is 11.5 Å². The quantitative estimate of drug-likeness (QED) is 0.703. The van der Waals surface area contributed by atoms with Crippen molar-refractivity contribution in [3.63, 3.8) is 0 Å².